The number of hydrogen-bond acceptors (Lipinski definition) is 6. The van der Waals surface area contributed by atoms with Gasteiger partial charge in [-0.25, -0.2) is 18.4 Å². The molecular weight excluding hydrogens is 382 g/mol. The second-order valence-electron chi connectivity index (χ2n) is 5.68. The molecule has 0 radical (unpaired) electrons. The average molecular weight is 397 g/mol. The molecule has 0 spiro atoms. The number of nitrogens with zero attached hydrogens (tertiary/aromatic N) is 2. The van der Waals surface area contributed by atoms with Gasteiger partial charge in [-0.15, -0.1) is 0 Å². The molecule has 0 saturated heterocycles. The first-order chi connectivity index (χ1) is 13.1. The van der Waals surface area contributed by atoms with E-state index in [-0.39, 0.29) is 4.90 Å². The molecule has 0 fully saturated rings. The maximum atomic E-state index is 12.6. The predicted molar refractivity (Wildman–Crippen MR) is 107 cm³/mol. The van der Waals surface area contributed by atoms with Crippen molar-refractivity contribution in [3.63, 3.8) is 0 Å². The van der Waals surface area contributed by atoms with Crippen LogP contribution >= 0.6 is 11.3 Å². The van der Waals surface area contributed by atoms with Crippen molar-refractivity contribution >= 4 is 37.4 Å². The highest BCUT2D eigenvalue weighted by molar-refractivity contribution is 7.92. The number of rotatable bonds is 5. The van der Waals surface area contributed by atoms with Gasteiger partial charge in [0, 0.05) is 17.4 Å². The van der Waals surface area contributed by atoms with Crippen molar-refractivity contribution in [3.8, 4) is 16.3 Å². The van der Waals surface area contributed by atoms with Gasteiger partial charge in [-0.1, -0.05) is 23.5 Å². The number of thiazole rings is 1. The number of para-hydroxylation sites is 1. The molecule has 0 amide bonds. The number of fused-ring (bicyclic) bond motifs is 1. The van der Waals surface area contributed by atoms with Crippen LogP contribution in [0.4, 0.5) is 5.69 Å². The number of hydrogen-bond donors (Lipinski definition) is 1. The molecule has 0 aliphatic rings. The minimum Gasteiger partial charge on any atom is -0.495 e. The molecule has 0 atom stereocenters. The lowest BCUT2D eigenvalue weighted by atomic mass is 10.2. The van der Waals surface area contributed by atoms with Crippen LogP contribution in [-0.4, -0.2) is 25.5 Å². The first-order valence-electron chi connectivity index (χ1n) is 8.05. The molecule has 2 aromatic heterocycles. The largest absolute Gasteiger partial charge is 0.495 e. The van der Waals surface area contributed by atoms with Gasteiger partial charge in [0.05, 0.1) is 7.11 Å². The fourth-order valence-corrected chi connectivity index (χ4v) is 4.77. The number of nitrogens with one attached hydrogen (secondary N) is 1. The van der Waals surface area contributed by atoms with Crippen LogP contribution in [0.15, 0.2) is 71.8 Å². The average Bonchev–Trinajstić information content (AvgIpc) is 3.12. The zero-order chi connectivity index (χ0) is 18.9. The van der Waals surface area contributed by atoms with Gasteiger partial charge in [0.25, 0.3) is 10.0 Å². The van der Waals surface area contributed by atoms with Gasteiger partial charge in [0.15, 0.2) is 0 Å². The number of benzene rings is 2. The van der Waals surface area contributed by atoms with Crippen molar-refractivity contribution in [3.05, 3.63) is 66.9 Å². The normalized spacial score (nSPS) is 11.4. The number of ether oxygens (including phenoxy) is 1. The van der Waals surface area contributed by atoms with E-state index in [0.29, 0.717) is 11.4 Å². The van der Waals surface area contributed by atoms with E-state index in [9.17, 15) is 8.42 Å². The first-order valence-corrected chi connectivity index (χ1v) is 10.3. The molecule has 0 bridgehead atoms. The standard InChI is InChI=1S/C19H15N3O3S2/c1-25-16-6-2-3-7-17(16)27(23,24)22-14-10-8-13(9-11-14)18-21-15-5-4-12-20-19(15)26-18/h2-12,22H,1H3. The van der Waals surface area contributed by atoms with Crippen LogP contribution in [-0.2, 0) is 10.0 Å². The second-order valence-corrected chi connectivity index (χ2v) is 8.31. The molecule has 1 N–H and O–H groups in total. The number of methoxy groups -OCH3 is 1. The van der Waals surface area contributed by atoms with Crippen molar-refractivity contribution in [2.75, 3.05) is 11.8 Å². The molecule has 136 valence electrons. The number of anilines is 1. The summed E-state index contributed by atoms with van der Waals surface area (Å²) in [4.78, 5) is 9.81. The smallest absolute Gasteiger partial charge is 0.265 e. The molecule has 4 rings (SSSR count). The maximum Gasteiger partial charge on any atom is 0.265 e. The van der Waals surface area contributed by atoms with Gasteiger partial charge in [-0.2, -0.15) is 0 Å². The van der Waals surface area contributed by atoms with Crippen LogP contribution in [0.5, 0.6) is 5.75 Å². The molecule has 4 aromatic rings. The molecule has 0 aliphatic carbocycles. The number of pyridine rings is 1. The highest BCUT2D eigenvalue weighted by atomic mass is 32.2. The summed E-state index contributed by atoms with van der Waals surface area (Å²) in [6, 6.07) is 17.3. The molecule has 27 heavy (non-hydrogen) atoms. The van der Waals surface area contributed by atoms with Crippen molar-refractivity contribution in [2.45, 2.75) is 4.90 Å². The monoisotopic (exact) mass is 397 g/mol. The summed E-state index contributed by atoms with van der Waals surface area (Å²) in [6.07, 6.45) is 1.74. The lowest BCUT2D eigenvalue weighted by molar-refractivity contribution is 0.403. The summed E-state index contributed by atoms with van der Waals surface area (Å²) < 4.78 is 33.0. The van der Waals surface area contributed by atoms with Gasteiger partial charge < -0.3 is 4.74 Å². The van der Waals surface area contributed by atoms with E-state index in [4.69, 9.17) is 4.74 Å². The zero-order valence-electron chi connectivity index (χ0n) is 14.3. The Kier molecular flexibility index (Phi) is 4.51. The van der Waals surface area contributed by atoms with Crippen LogP contribution in [0.2, 0.25) is 0 Å². The zero-order valence-corrected chi connectivity index (χ0v) is 15.9. The lowest BCUT2D eigenvalue weighted by Gasteiger charge is -2.11. The Balaban J connectivity index is 1.60. The highest BCUT2D eigenvalue weighted by Gasteiger charge is 2.19. The van der Waals surface area contributed by atoms with E-state index in [1.165, 1.54) is 24.5 Å². The van der Waals surface area contributed by atoms with Crippen LogP contribution in [0, 0.1) is 0 Å². The Morgan fingerprint density at radius 3 is 2.52 bits per heavy atom. The van der Waals surface area contributed by atoms with Gasteiger partial charge in [-0.3, -0.25) is 4.72 Å². The fraction of sp³-hybridized carbons (Fsp3) is 0.0526. The topological polar surface area (TPSA) is 81.2 Å². The Morgan fingerprint density at radius 1 is 1.00 bits per heavy atom. The molecule has 0 aliphatic heterocycles. The van der Waals surface area contributed by atoms with E-state index in [0.717, 1.165) is 20.9 Å². The third kappa shape index (κ3) is 3.49. The SMILES string of the molecule is COc1ccccc1S(=O)(=O)Nc1ccc(-c2nc3cccnc3s2)cc1. The Hall–Kier alpha value is -2.97. The minimum atomic E-state index is -3.75. The second kappa shape index (κ2) is 6.98. The van der Waals surface area contributed by atoms with E-state index in [1.807, 2.05) is 24.3 Å². The summed E-state index contributed by atoms with van der Waals surface area (Å²) in [5.41, 5.74) is 2.21. The van der Waals surface area contributed by atoms with Crippen LogP contribution in [0.25, 0.3) is 20.9 Å². The summed E-state index contributed by atoms with van der Waals surface area (Å²) in [5.74, 6) is 0.295. The fourth-order valence-electron chi connectivity index (χ4n) is 2.63. The van der Waals surface area contributed by atoms with E-state index in [2.05, 4.69) is 14.7 Å². The third-order valence-electron chi connectivity index (χ3n) is 3.91. The van der Waals surface area contributed by atoms with Gasteiger partial charge in [-0.05, 0) is 48.5 Å². The first kappa shape index (κ1) is 17.4. The molecule has 8 heteroatoms. The van der Waals surface area contributed by atoms with Gasteiger partial charge in [0.2, 0.25) is 0 Å². The van der Waals surface area contributed by atoms with Crippen molar-refractivity contribution in [2.24, 2.45) is 0 Å². The van der Waals surface area contributed by atoms with Crippen molar-refractivity contribution in [1.29, 1.82) is 0 Å². The van der Waals surface area contributed by atoms with Gasteiger partial charge >= 0.3 is 0 Å². The molecule has 0 saturated carbocycles. The van der Waals surface area contributed by atoms with E-state index < -0.39 is 10.0 Å². The third-order valence-corrected chi connectivity index (χ3v) is 6.36. The number of aromatic nitrogens is 2. The summed E-state index contributed by atoms with van der Waals surface area (Å²) in [7, 11) is -2.31. The molecule has 6 nitrogen and oxygen atoms in total. The maximum absolute atomic E-state index is 12.6. The molecule has 0 unspecified atom stereocenters. The molecule has 2 heterocycles. The van der Waals surface area contributed by atoms with Crippen molar-refractivity contribution in [1.82, 2.24) is 9.97 Å². The Labute approximate surface area is 160 Å². The molecular formula is C19H15N3O3S2. The Morgan fingerprint density at radius 2 is 1.78 bits per heavy atom. The highest BCUT2D eigenvalue weighted by Crippen LogP contribution is 2.30. The molecule has 2 aromatic carbocycles. The lowest BCUT2D eigenvalue weighted by Crippen LogP contribution is -2.13. The van der Waals surface area contributed by atoms with E-state index in [1.54, 1.807) is 36.5 Å². The van der Waals surface area contributed by atoms with Crippen molar-refractivity contribution < 1.29 is 13.2 Å². The number of sulfonamides is 1. The summed E-state index contributed by atoms with van der Waals surface area (Å²) >= 11 is 1.49. The van der Waals surface area contributed by atoms with Crippen LogP contribution in [0.3, 0.4) is 0 Å². The van der Waals surface area contributed by atoms with Crippen LogP contribution < -0.4 is 9.46 Å². The van der Waals surface area contributed by atoms with Gasteiger partial charge in [0.1, 0.15) is 26.0 Å². The minimum absolute atomic E-state index is 0.0915. The van der Waals surface area contributed by atoms with E-state index >= 15 is 0 Å². The predicted octanol–water partition coefficient (Wildman–Crippen LogP) is 4.17. The Bertz CT molecular complexity index is 1170. The summed E-state index contributed by atoms with van der Waals surface area (Å²) in [6.45, 7) is 0. The quantitative estimate of drug-likeness (QED) is 0.547. The summed E-state index contributed by atoms with van der Waals surface area (Å²) in [5, 5.41) is 0.836. The van der Waals surface area contributed by atoms with Crippen LogP contribution in [0.1, 0.15) is 0 Å².